The Labute approximate surface area is 196 Å². The second kappa shape index (κ2) is 8.67. The monoisotopic (exact) mass is 487 g/mol. The van der Waals surface area contributed by atoms with Gasteiger partial charge >= 0.3 is 0 Å². The van der Waals surface area contributed by atoms with Crippen molar-refractivity contribution in [2.45, 2.75) is 43.1 Å². The van der Waals surface area contributed by atoms with E-state index in [4.69, 9.17) is 9.72 Å². The van der Waals surface area contributed by atoms with Gasteiger partial charge in [0.25, 0.3) is 5.78 Å². The van der Waals surface area contributed by atoms with Crippen LogP contribution in [0.2, 0.25) is 0 Å². The van der Waals surface area contributed by atoms with Crippen LogP contribution in [0.4, 0.5) is 0 Å². The lowest BCUT2D eigenvalue weighted by Gasteiger charge is -2.26. The van der Waals surface area contributed by atoms with E-state index in [1.165, 1.54) is 16.1 Å². The van der Waals surface area contributed by atoms with Crippen molar-refractivity contribution in [2.24, 2.45) is 0 Å². The second-order valence-electron chi connectivity index (χ2n) is 7.87. The number of imidazole rings is 1. The van der Waals surface area contributed by atoms with E-state index in [0.29, 0.717) is 48.5 Å². The van der Waals surface area contributed by atoms with Crippen molar-refractivity contribution < 1.29 is 13.2 Å². The summed E-state index contributed by atoms with van der Waals surface area (Å²) in [5.41, 5.74) is 3.45. The Bertz CT molecular complexity index is 1440. The van der Waals surface area contributed by atoms with Gasteiger partial charge in [0.2, 0.25) is 15.2 Å². The number of nitrogens with zero attached hydrogens (tertiary/aromatic N) is 7. The standard InChI is InChI=1S/C21H25N7O3S2/c1-4-27-18-6-5-16(33(29,30)26-7-9-31-10-8-26)12-17(18)23-19(27)13-32-21-24-20-22-14(2)11-15(3)28(20)25-21/h5-6,11-12H,4,7-10,13H2,1-3H3. The molecule has 0 unspecified atom stereocenters. The van der Waals surface area contributed by atoms with Crippen molar-refractivity contribution >= 4 is 38.6 Å². The van der Waals surface area contributed by atoms with Gasteiger partial charge in [0.1, 0.15) is 5.82 Å². The molecule has 1 fully saturated rings. The van der Waals surface area contributed by atoms with E-state index in [2.05, 4.69) is 19.6 Å². The van der Waals surface area contributed by atoms with Crippen LogP contribution in [0, 0.1) is 13.8 Å². The molecule has 33 heavy (non-hydrogen) atoms. The number of benzene rings is 1. The largest absolute Gasteiger partial charge is 0.379 e. The molecule has 0 amide bonds. The summed E-state index contributed by atoms with van der Waals surface area (Å²) < 4.78 is 36.7. The molecule has 0 aliphatic carbocycles. The molecule has 174 valence electrons. The number of aromatic nitrogens is 6. The van der Waals surface area contributed by atoms with Gasteiger partial charge in [-0.15, -0.1) is 5.10 Å². The number of rotatable bonds is 6. The topological polar surface area (TPSA) is 108 Å². The molecular weight excluding hydrogens is 462 g/mol. The number of sulfonamides is 1. The highest BCUT2D eigenvalue weighted by atomic mass is 32.2. The summed E-state index contributed by atoms with van der Waals surface area (Å²) in [5, 5.41) is 5.18. The third-order valence-electron chi connectivity index (χ3n) is 5.65. The van der Waals surface area contributed by atoms with E-state index >= 15 is 0 Å². The summed E-state index contributed by atoms with van der Waals surface area (Å²) in [5.74, 6) is 1.98. The normalized spacial score (nSPS) is 15.6. The predicted molar refractivity (Wildman–Crippen MR) is 125 cm³/mol. The molecule has 0 bridgehead atoms. The van der Waals surface area contributed by atoms with Crippen molar-refractivity contribution in [1.29, 1.82) is 0 Å². The maximum Gasteiger partial charge on any atom is 0.253 e. The fourth-order valence-corrected chi connectivity index (χ4v) is 6.25. The summed E-state index contributed by atoms with van der Waals surface area (Å²) in [6, 6.07) is 7.14. The molecule has 0 saturated carbocycles. The minimum absolute atomic E-state index is 0.260. The SMILES string of the molecule is CCn1c(CSc2nc3nc(C)cc(C)n3n2)nc2cc(S(=O)(=O)N3CCOCC3)ccc21. The molecule has 12 heteroatoms. The van der Waals surface area contributed by atoms with E-state index in [1.807, 2.05) is 32.9 Å². The average Bonchev–Trinajstić information content (AvgIpc) is 3.38. The Morgan fingerprint density at radius 3 is 2.64 bits per heavy atom. The molecule has 1 aliphatic rings. The minimum atomic E-state index is -3.57. The van der Waals surface area contributed by atoms with Gasteiger partial charge in [0.15, 0.2) is 0 Å². The average molecular weight is 488 g/mol. The number of hydrogen-bond donors (Lipinski definition) is 0. The van der Waals surface area contributed by atoms with Gasteiger partial charge in [0, 0.05) is 31.0 Å². The van der Waals surface area contributed by atoms with Crippen molar-refractivity contribution in [1.82, 2.24) is 33.4 Å². The quantitative estimate of drug-likeness (QED) is 0.382. The molecule has 0 radical (unpaired) electrons. The van der Waals surface area contributed by atoms with E-state index in [-0.39, 0.29) is 4.90 Å². The van der Waals surface area contributed by atoms with Crippen LogP contribution in [-0.4, -0.2) is 68.2 Å². The van der Waals surface area contributed by atoms with Crippen molar-refractivity contribution in [3.8, 4) is 0 Å². The molecular formula is C21H25N7O3S2. The predicted octanol–water partition coefficient (Wildman–Crippen LogP) is 2.42. The second-order valence-corrected chi connectivity index (χ2v) is 10.8. The summed E-state index contributed by atoms with van der Waals surface area (Å²) in [7, 11) is -3.57. The molecule has 1 aliphatic heterocycles. The number of morpholine rings is 1. The van der Waals surface area contributed by atoms with Crippen LogP contribution in [0.1, 0.15) is 24.1 Å². The molecule has 5 rings (SSSR count). The zero-order valence-corrected chi connectivity index (χ0v) is 20.4. The third-order valence-corrected chi connectivity index (χ3v) is 8.38. The summed E-state index contributed by atoms with van der Waals surface area (Å²) in [4.78, 5) is 14.0. The Morgan fingerprint density at radius 2 is 1.88 bits per heavy atom. The van der Waals surface area contributed by atoms with Crippen molar-refractivity contribution in [3.05, 3.63) is 41.5 Å². The Hall–Kier alpha value is -2.54. The molecule has 0 atom stereocenters. The number of hydrogen-bond acceptors (Lipinski definition) is 8. The van der Waals surface area contributed by atoms with E-state index < -0.39 is 10.0 Å². The smallest absolute Gasteiger partial charge is 0.253 e. The Morgan fingerprint density at radius 1 is 1.09 bits per heavy atom. The van der Waals surface area contributed by atoms with Crippen LogP contribution in [0.25, 0.3) is 16.8 Å². The van der Waals surface area contributed by atoms with Gasteiger partial charge in [-0.25, -0.2) is 22.9 Å². The lowest BCUT2D eigenvalue weighted by atomic mass is 10.3. The van der Waals surface area contributed by atoms with Gasteiger partial charge in [-0.3, -0.25) is 0 Å². The summed E-state index contributed by atoms with van der Waals surface area (Å²) in [6.07, 6.45) is 0. The first-order valence-corrected chi connectivity index (χ1v) is 13.2. The van der Waals surface area contributed by atoms with Crippen molar-refractivity contribution in [3.63, 3.8) is 0 Å². The van der Waals surface area contributed by atoms with Crippen LogP contribution in [-0.2, 0) is 27.1 Å². The zero-order valence-electron chi connectivity index (χ0n) is 18.7. The molecule has 3 aromatic heterocycles. The lowest BCUT2D eigenvalue weighted by molar-refractivity contribution is 0.0730. The first-order chi connectivity index (χ1) is 15.9. The van der Waals surface area contributed by atoms with Gasteiger partial charge in [-0.2, -0.15) is 9.29 Å². The van der Waals surface area contributed by atoms with Gasteiger partial charge < -0.3 is 9.30 Å². The fourth-order valence-electron chi connectivity index (χ4n) is 4.06. The Balaban J connectivity index is 1.43. The number of thioether (sulfide) groups is 1. The highest BCUT2D eigenvalue weighted by Gasteiger charge is 2.27. The number of ether oxygens (including phenoxy) is 1. The molecule has 0 N–H and O–H groups in total. The lowest BCUT2D eigenvalue weighted by Crippen LogP contribution is -2.40. The van der Waals surface area contributed by atoms with E-state index in [0.717, 1.165) is 29.3 Å². The minimum Gasteiger partial charge on any atom is -0.379 e. The fraction of sp³-hybridized carbons (Fsp3) is 0.429. The van der Waals surface area contributed by atoms with Crippen LogP contribution in [0.15, 0.2) is 34.3 Å². The van der Waals surface area contributed by atoms with Crippen LogP contribution in [0.5, 0.6) is 0 Å². The Kier molecular flexibility index (Phi) is 5.85. The summed E-state index contributed by atoms with van der Waals surface area (Å²) in [6.45, 7) is 8.25. The summed E-state index contributed by atoms with van der Waals surface area (Å²) >= 11 is 1.48. The molecule has 4 heterocycles. The van der Waals surface area contributed by atoms with Crippen LogP contribution in [0.3, 0.4) is 0 Å². The number of fused-ring (bicyclic) bond motifs is 2. The highest BCUT2D eigenvalue weighted by Crippen LogP contribution is 2.27. The maximum absolute atomic E-state index is 13.0. The number of aryl methyl sites for hydroxylation is 3. The van der Waals surface area contributed by atoms with Crippen molar-refractivity contribution in [2.75, 3.05) is 26.3 Å². The van der Waals surface area contributed by atoms with E-state index in [1.54, 1.807) is 16.6 Å². The van der Waals surface area contributed by atoms with Crippen LogP contribution < -0.4 is 0 Å². The molecule has 0 spiro atoms. The molecule has 4 aromatic rings. The van der Waals surface area contributed by atoms with E-state index in [9.17, 15) is 8.42 Å². The van der Waals surface area contributed by atoms with Gasteiger partial charge in [-0.1, -0.05) is 11.8 Å². The highest BCUT2D eigenvalue weighted by molar-refractivity contribution is 7.98. The maximum atomic E-state index is 13.0. The first-order valence-electron chi connectivity index (χ1n) is 10.8. The van der Waals surface area contributed by atoms with Gasteiger partial charge in [-0.05, 0) is 45.0 Å². The van der Waals surface area contributed by atoms with Crippen LogP contribution >= 0.6 is 11.8 Å². The third kappa shape index (κ3) is 4.12. The molecule has 1 aromatic carbocycles. The zero-order chi connectivity index (χ0) is 23.2. The van der Waals surface area contributed by atoms with Gasteiger partial charge in [0.05, 0.1) is 34.9 Å². The molecule has 1 saturated heterocycles. The molecule has 10 nitrogen and oxygen atoms in total. The first kappa shape index (κ1) is 22.3.